The number of aromatic carboxylic acids is 1. The monoisotopic (exact) mass is 296 g/mol. The molecule has 2 heterocycles. The van der Waals surface area contributed by atoms with Gasteiger partial charge in [-0.3, -0.25) is 0 Å². The number of carboxylic acids is 1. The summed E-state index contributed by atoms with van der Waals surface area (Å²) in [5.74, 6) is 0.226. The van der Waals surface area contributed by atoms with Gasteiger partial charge in [-0.1, -0.05) is 24.3 Å². The molecule has 0 unspecified atom stereocenters. The largest absolute Gasteiger partial charge is 1.00 e. The number of nitrogens with zero attached hydrogens (tertiary/aromatic N) is 2. The number of carbonyl (C=O) groups is 1. The van der Waals surface area contributed by atoms with Crippen molar-refractivity contribution < 1.29 is 61.3 Å². The molecule has 4 nitrogen and oxygen atoms in total. The Bertz CT molecular complexity index is 513. The van der Waals surface area contributed by atoms with E-state index in [0.717, 1.165) is 38.2 Å². The van der Waals surface area contributed by atoms with Crippen molar-refractivity contribution in [2.24, 2.45) is 0 Å². The molecule has 0 saturated carbocycles. The molecule has 0 bridgehead atoms. The molecular formula is C15H17KN2O2. The van der Waals surface area contributed by atoms with Crippen LogP contribution in [0.25, 0.3) is 0 Å². The van der Waals surface area contributed by atoms with Crippen molar-refractivity contribution in [1.82, 2.24) is 9.80 Å². The summed E-state index contributed by atoms with van der Waals surface area (Å²) in [7, 11) is 0. The van der Waals surface area contributed by atoms with Gasteiger partial charge in [-0.2, -0.15) is 0 Å². The van der Waals surface area contributed by atoms with Crippen molar-refractivity contribution in [1.29, 1.82) is 0 Å². The van der Waals surface area contributed by atoms with Gasteiger partial charge >= 0.3 is 51.4 Å². The van der Waals surface area contributed by atoms with E-state index in [4.69, 9.17) is 0 Å². The summed E-state index contributed by atoms with van der Waals surface area (Å²) < 4.78 is 0. The molecule has 0 aromatic heterocycles. The minimum absolute atomic E-state index is 0. The Morgan fingerprint density at radius 1 is 1.15 bits per heavy atom. The van der Waals surface area contributed by atoms with Crippen molar-refractivity contribution in [3.8, 4) is 0 Å². The molecule has 100 valence electrons. The van der Waals surface area contributed by atoms with Gasteiger partial charge in [0, 0.05) is 26.2 Å². The Hall–Kier alpha value is -0.334. The fourth-order valence-corrected chi connectivity index (χ4v) is 2.84. The minimum atomic E-state index is -1.12. The van der Waals surface area contributed by atoms with Crippen LogP contribution in [0.15, 0.2) is 36.2 Å². The van der Waals surface area contributed by atoms with Crippen LogP contribution < -0.4 is 56.5 Å². The molecule has 0 amide bonds. The summed E-state index contributed by atoms with van der Waals surface area (Å²) >= 11 is 0. The Morgan fingerprint density at radius 2 is 1.90 bits per heavy atom. The third kappa shape index (κ3) is 3.46. The van der Waals surface area contributed by atoms with Crippen LogP contribution in [-0.2, 0) is 6.54 Å². The summed E-state index contributed by atoms with van der Waals surface area (Å²) in [6, 6.07) is 6.99. The van der Waals surface area contributed by atoms with Crippen LogP contribution in [-0.4, -0.2) is 35.4 Å². The number of carboxylic acid groups (broad SMARTS) is 1. The molecule has 0 N–H and O–H groups in total. The summed E-state index contributed by atoms with van der Waals surface area (Å²) in [5.41, 5.74) is 1.38. The van der Waals surface area contributed by atoms with Gasteiger partial charge in [0.25, 0.3) is 0 Å². The fourth-order valence-electron chi connectivity index (χ4n) is 2.84. The van der Waals surface area contributed by atoms with E-state index in [1.165, 1.54) is 12.2 Å². The molecule has 1 aromatic carbocycles. The first-order valence-corrected chi connectivity index (χ1v) is 6.74. The van der Waals surface area contributed by atoms with Gasteiger partial charge in [0.2, 0.25) is 0 Å². The van der Waals surface area contributed by atoms with Crippen molar-refractivity contribution in [3.05, 3.63) is 47.3 Å². The molecule has 0 radical (unpaired) electrons. The zero-order valence-corrected chi connectivity index (χ0v) is 15.0. The van der Waals surface area contributed by atoms with Crippen molar-refractivity contribution in [3.63, 3.8) is 0 Å². The third-order valence-corrected chi connectivity index (χ3v) is 3.79. The molecule has 0 aliphatic carbocycles. The van der Waals surface area contributed by atoms with Crippen LogP contribution in [0.4, 0.5) is 0 Å². The van der Waals surface area contributed by atoms with Crippen LogP contribution in [0.2, 0.25) is 0 Å². The minimum Gasteiger partial charge on any atom is -0.545 e. The number of hydrogen-bond acceptors (Lipinski definition) is 4. The summed E-state index contributed by atoms with van der Waals surface area (Å²) in [4.78, 5) is 15.5. The Balaban J connectivity index is 0.00000147. The standard InChI is InChI=1S/C15H18N2O2.K/c18-15(19)13-6-4-12(5-7-13)11-17-10-2-9-16-8-1-3-14(16)17;/h3-7H,1-2,8-11H2,(H,18,19);/q;+1/p-1. The predicted molar refractivity (Wildman–Crippen MR) is 70.1 cm³/mol. The van der Waals surface area contributed by atoms with Gasteiger partial charge in [-0.25, -0.2) is 0 Å². The van der Waals surface area contributed by atoms with Crippen molar-refractivity contribution in [2.75, 3.05) is 19.6 Å². The second-order valence-corrected chi connectivity index (χ2v) is 5.10. The fraction of sp³-hybridized carbons (Fsp3) is 0.400. The maximum absolute atomic E-state index is 10.7. The van der Waals surface area contributed by atoms with Crippen LogP contribution >= 0.6 is 0 Å². The Labute approximate surface area is 161 Å². The molecule has 0 atom stereocenters. The average molecular weight is 296 g/mol. The van der Waals surface area contributed by atoms with Crippen molar-refractivity contribution in [2.45, 2.75) is 19.4 Å². The van der Waals surface area contributed by atoms with Crippen molar-refractivity contribution >= 4 is 5.97 Å². The average Bonchev–Trinajstić information content (AvgIpc) is 2.89. The van der Waals surface area contributed by atoms with Crippen LogP contribution in [0.1, 0.15) is 28.8 Å². The Morgan fingerprint density at radius 3 is 2.60 bits per heavy atom. The maximum atomic E-state index is 10.7. The van der Waals surface area contributed by atoms with Gasteiger partial charge in [-0.05, 0) is 30.0 Å². The smallest absolute Gasteiger partial charge is 0.545 e. The molecule has 3 rings (SSSR count). The summed E-state index contributed by atoms with van der Waals surface area (Å²) in [6.07, 6.45) is 4.62. The van der Waals surface area contributed by atoms with E-state index >= 15 is 0 Å². The first-order chi connectivity index (χ1) is 9.24. The molecular weight excluding hydrogens is 279 g/mol. The molecule has 5 heteroatoms. The van der Waals surface area contributed by atoms with Crippen LogP contribution in [0, 0.1) is 0 Å². The number of fused-ring (bicyclic) bond motifs is 1. The quantitative estimate of drug-likeness (QED) is 0.595. The van der Waals surface area contributed by atoms with Gasteiger partial charge in [0.1, 0.15) is 5.82 Å². The van der Waals surface area contributed by atoms with Gasteiger partial charge in [0.05, 0.1) is 5.97 Å². The second kappa shape index (κ2) is 7.09. The normalized spacial score (nSPS) is 17.3. The predicted octanol–water partition coefficient (Wildman–Crippen LogP) is -2.19. The van der Waals surface area contributed by atoms with E-state index in [9.17, 15) is 9.90 Å². The van der Waals surface area contributed by atoms with E-state index in [2.05, 4.69) is 15.9 Å². The second-order valence-electron chi connectivity index (χ2n) is 5.10. The zero-order chi connectivity index (χ0) is 13.2. The summed E-state index contributed by atoms with van der Waals surface area (Å²) in [5, 5.41) is 10.7. The number of hydrogen-bond donors (Lipinski definition) is 0. The molecule has 1 fully saturated rings. The number of benzene rings is 1. The van der Waals surface area contributed by atoms with E-state index in [-0.39, 0.29) is 56.9 Å². The van der Waals surface area contributed by atoms with Crippen LogP contribution in [0.3, 0.4) is 0 Å². The molecule has 0 spiro atoms. The first kappa shape index (κ1) is 16.0. The Kier molecular flexibility index (Phi) is 5.69. The van der Waals surface area contributed by atoms with Gasteiger partial charge in [-0.15, -0.1) is 0 Å². The molecule has 1 aromatic rings. The molecule has 1 saturated heterocycles. The van der Waals surface area contributed by atoms with E-state index in [1.54, 1.807) is 12.1 Å². The molecule has 2 aliphatic rings. The summed E-state index contributed by atoms with van der Waals surface area (Å²) in [6.45, 7) is 4.21. The number of carbonyl (C=O) groups excluding carboxylic acids is 1. The van der Waals surface area contributed by atoms with E-state index in [1.807, 2.05) is 12.1 Å². The molecule has 2 aliphatic heterocycles. The van der Waals surface area contributed by atoms with Crippen LogP contribution in [0.5, 0.6) is 0 Å². The van der Waals surface area contributed by atoms with E-state index in [0.29, 0.717) is 0 Å². The molecule has 20 heavy (non-hydrogen) atoms. The SMILES string of the molecule is O=C([O-])c1ccc(CN2CCCN3CCC=C32)cc1.[K+]. The van der Waals surface area contributed by atoms with E-state index < -0.39 is 5.97 Å². The topological polar surface area (TPSA) is 46.6 Å². The first-order valence-electron chi connectivity index (χ1n) is 6.74. The number of rotatable bonds is 3. The van der Waals surface area contributed by atoms with Gasteiger partial charge in [0.15, 0.2) is 0 Å². The third-order valence-electron chi connectivity index (χ3n) is 3.79. The zero-order valence-electron chi connectivity index (χ0n) is 11.8. The van der Waals surface area contributed by atoms with Gasteiger partial charge < -0.3 is 19.7 Å². The maximum Gasteiger partial charge on any atom is 1.00 e.